The van der Waals surface area contributed by atoms with Gasteiger partial charge in [0, 0.05) is 6.54 Å². The minimum Gasteiger partial charge on any atom is -0.274 e. The second kappa shape index (κ2) is 7.70. The third-order valence-corrected chi connectivity index (χ3v) is 5.18. The van der Waals surface area contributed by atoms with Gasteiger partial charge in [-0.05, 0) is 30.2 Å². The average molecular weight is 351 g/mol. The molecule has 0 atom stereocenters. The highest BCUT2D eigenvalue weighted by Gasteiger charge is 2.38. The first-order chi connectivity index (χ1) is 12.1. The van der Waals surface area contributed by atoms with E-state index in [1.165, 1.54) is 16.7 Å². The molecule has 4 heteroatoms. The molecule has 2 aromatic carbocycles. The van der Waals surface area contributed by atoms with E-state index >= 15 is 0 Å². The number of hydrogen-bond donors (Lipinski definition) is 0. The Morgan fingerprint density at radius 2 is 1.60 bits per heavy atom. The lowest BCUT2D eigenvalue weighted by Crippen LogP contribution is -2.33. The van der Waals surface area contributed by atoms with Gasteiger partial charge in [0.1, 0.15) is 0 Å². The van der Waals surface area contributed by atoms with Crippen LogP contribution < -0.4 is 0 Å². The number of carbonyl (C=O) groups is 2. The summed E-state index contributed by atoms with van der Waals surface area (Å²) in [6.07, 6.45) is 0.670. The molecule has 1 aliphatic rings. The zero-order chi connectivity index (χ0) is 17.8. The van der Waals surface area contributed by atoms with Crippen LogP contribution in [0, 0.1) is 6.92 Å². The van der Waals surface area contributed by atoms with Gasteiger partial charge in [-0.2, -0.15) is 0 Å². The number of imide groups is 1. The van der Waals surface area contributed by atoms with Crippen molar-refractivity contribution in [3.63, 3.8) is 0 Å². The van der Waals surface area contributed by atoms with Gasteiger partial charge >= 0.3 is 0 Å². The molecule has 25 heavy (non-hydrogen) atoms. The number of hydrogen-bond acceptors (Lipinski definition) is 3. The van der Waals surface area contributed by atoms with Gasteiger partial charge < -0.3 is 0 Å². The van der Waals surface area contributed by atoms with Gasteiger partial charge in [0.05, 0.1) is 10.5 Å². The highest BCUT2D eigenvalue weighted by molar-refractivity contribution is 8.04. The predicted octanol–water partition coefficient (Wildman–Crippen LogP) is 4.07. The molecule has 0 aromatic heterocycles. The van der Waals surface area contributed by atoms with Crippen molar-refractivity contribution in [2.24, 2.45) is 0 Å². The Balaban J connectivity index is 1.86. The van der Waals surface area contributed by atoms with Crippen molar-refractivity contribution in [2.45, 2.75) is 20.3 Å². The van der Waals surface area contributed by atoms with Crippen LogP contribution >= 0.6 is 11.8 Å². The van der Waals surface area contributed by atoms with Gasteiger partial charge in [0.25, 0.3) is 11.8 Å². The van der Waals surface area contributed by atoms with Gasteiger partial charge in [-0.25, -0.2) is 0 Å². The van der Waals surface area contributed by atoms with E-state index in [4.69, 9.17) is 0 Å². The number of nitrogens with zero attached hydrogens (tertiary/aromatic N) is 1. The topological polar surface area (TPSA) is 37.4 Å². The highest BCUT2D eigenvalue weighted by atomic mass is 32.2. The van der Waals surface area contributed by atoms with Crippen LogP contribution in [0.1, 0.15) is 23.6 Å². The predicted molar refractivity (Wildman–Crippen MR) is 103 cm³/mol. The van der Waals surface area contributed by atoms with Crippen LogP contribution in [0.25, 0.3) is 5.57 Å². The molecular weight excluding hydrogens is 330 g/mol. The molecule has 3 rings (SSSR count). The van der Waals surface area contributed by atoms with Crippen LogP contribution in [0.15, 0.2) is 59.5 Å². The summed E-state index contributed by atoms with van der Waals surface area (Å²) >= 11 is 1.45. The highest BCUT2D eigenvalue weighted by Crippen LogP contribution is 2.36. The summed E-state index contributed by atoms with van der Waals surface area (Å²) in [6, 6.07) is 17.7. The van der Waals surface area contributed by atoms with E-state index in [1.54, 1.807) is 0 Å². The van der Waals surface area contributed by atoms with Crippen molar-refractivity contribution in [2.75, 3.05) is 12.3 Å². The van der Waals surface area contributed by atoms with E-state index in [1.807, 2.05) is 68.4 Å². The minimum absolute atomic E-state index is 0.164. The molecule has 0 radical (unpaired) electrons. The van der Waals surface area contributed by atoms with Crippen LogP contribution in [-0.4, -0.2) is 29.0 Å². The van der Waals surface area contributed by atoms with Crippen LogP contribution in [0.3, 0.4) is 0 Å². The Morgan fingerprint density at radius 1 is 0.920 bits per heavy atom. The van der Waals surface area contributed by atoms with Gasteiger partial charge in [-0.3, -0.25) is 14.5 Å². The Morgan fingerprint density at radius 3 is 2.24 bits per heavy atom. The lowest BCUT2D eigenvalue weighted by Gasteiger charge is -2.15. The summed E-state index contributed by atoms with van der Waals surface area (Å²) in [5.41, 5.74) is 3.62. The fraction of sp³-hybridized carbons (Fsp3) is 0.238. The maximum atomic E-state index is 12.9. The number of rotatable bonds is 6. The summed E-state index contributed by atoms with van der Waals surface area (Å²) in [5, 5.41) is 0. The van der Waals surface area contributed by atoms with Crippen LogP contribution in [0.5, 0.6) is 0 Å². The zero-order valence-corrected chi connectivity index (χ0v) is 15.3. The third-order valence-electron chi connectivity index (χ3n) is 4.22. The van der Waals surface area contributed by atoms with Crippen molar-refractivity contribution in [1.82, 2.24) is 4.90 Å². The van der Waals surface area contributed by atoms with Gasteiger partial charge in [0.15, 0.2) is 0 Å². The molecule has 2 amide bonds. The molecule has 1 heterocycles. The summed E-state index contributed by atoms with van der Waals surface area (Å²) < 4.78 is 0. The Labute approximate surface area is 152 Å². The molecular formula is C21H21NO2S. The molecule has 0 saturated heterocycles. The van der Waals surface area contributed by atoms with E-state index in [0.29, 0.717) is 23.4 Å². The second-order valence-electron chi connectivity index (χ2n) is 6.00. The standard InChI is InChI=1S/C21H21NO2S/c1-3-25-19-18(17-11-9-15(2)10-12-17)20(23)22(21(19)24)14-13-16-7-5-4-6-8-16/h4-12H,3,13-14H2,1-2H3. The van der Waals surface area contributed by atoms with Crippen molar-refractivity contribution in [3.8, 4) is 0 Å². The van der Waals surface area contributed by atoms with Crippen molar-refractivity contribution in [3.05, 3.63) is 76.2 Å². The first-order valence-electron chi connectivity index (χ1n) is 8.46. The quantitative estimate of drug-likeness (QED) is 0.736. The van der Waals surface area contributed by atoms with Crippen molar-refractivity contribution in [1.29, 1.82) is 0 Å². The molecule has 0 aliphatic carbocycles. The SMILES string of the molecule is CCSC1=C(c2ccc(C)cc2)C(=O)N(CCc2ccccc2)C1=O. The zero-order valence-electron chi connectivity index (χ0n) is 14.5. The number of carbonyl (C=O) groups excluding carboxylic acids is 2. The third kappa shape index (κ3) is 3.69. The molecule has 1 aliphatic heterocycles. The number of aryl methyl sites for hydroxylation is 1. The minimum atomic E-state index is -0.180. The lowest BCUT2D eigenvalue weighted by molar-refractivity contribution is -0.136. The smallest absolute Gasteiger partial charge is 0.267 e. The molecule has 0 bridgehead atoms. The molecule has 0 N–H and O–H groups in total. The summed E-state index contributed by atoms with van der Waals surface area (Å²) in [5.74, 6) is 0.417. The Hall–Kier alpha value is -2.33. The van der Waals surface area contributed by atoms with E-state index in [-0.39, 0.29) is 11.8 Å². The lowest BCUT2D eigenvalue weighted by atomic mass is 10.0. The summed E-state index contributed by atoms with van der Waals surface area (Å²) in [6.45, 7) is 4.41. The molecule has 0 fully saturated rings. The van der Waals surface area contributed by atoms with Crippen LogP contribution in [-0.2, 0) is 16.0 Å². The van der Waals surface area contributed by atoms with Crippen molar-refractivity contribution >= 4 is 29.1 Å². The molecule has 3 nitrogen and oxygen atoms in total. The van der Waals surface area contributed by atoms with Crippen LogP contribution in [0.2, 0.25) is 0 Å². The monoisotopic (exact) mass is 351 g/mol. The molecule has 0 unspecified atom stereocenters. The average Bonchev–Trinajstić information content (AvgIpc) is 2.86. The fourth-order valence-corrected chi connectivity index (χ4v) is 3.77. The van der Waals surface area contributed by atoms with Gasteiger partial charge in [-0.15, -0.1) is 11.8 Å². The number of benzene rings is 2. The van der Waals surface area contributed by atoms with Crippen LogP contribution in [0.4, 0.5) is 0 Å². The molecule has 0 saturated carbocycles. The molecule has 128 valence electrons. The van der Waals surface area contributed by atoms with Gasteiger partial charge in [-0.1, -0.05) is 67.1 Å². The number of amides is 2. The van der Waals surface area contributed by atoms with Gasteiger partial charge in [0.2, 0.25) is 0 Å². The summed E-state index contributed by atoms with van der Waals surface area (Å²) in [4.78, 5) is 27.7. The molecule has 2 aromatic rings. The van der Waals surface area contributed by atoms with E-state index < -0.39 is 0 Å². The largest absolute Gasteiger partial charge is 0.274 e. The van der Waals surface area contributed by atoms with E-state index in [0.717, 1.165) is 22.4 Å². The first kappa shape index (κ1) is 17.5. The maximum absolute atomic E-state index is 12.9. The fourth-order valence-electron chi connectivity index (χ4n) is 2.90. The maximum Gasteiger partial charge on any atom is 0.267 e. The van der Waals surface area contributed by atoms with E-state index in [2.05, 4.69) is 0 Å². The summed E-state index contributed by atoms with van der Waals surface area (Å²) in [7, 11) is 0. The Bertz CT molecular complexity index is 810. The second-order valence-corrected chi connectivity index (χ2v) is 7.27. The normalized spacial score (nSPS) is 14.6. The number of thioether (sulfide) groups is 1. The first-order valence-corrected chi connectivity index (χ1v) is 9.44. The Kier molecular flexibility index (Phi) is 5.39. The van der Waals surface area contributed by atoms with Crippen molar-refractivity contribution < 1.29 is 9.59 Å². The van der Waals surface area contributed by atoms with E-state index in [9.17, 15) is 9.59 Å². The molecule has 0 spiro atoms.